The Morgan fingerprint density at radius 3 is 1.94 bits per heavy atom. The van der Waals surface area contributed by atoms with Crippen molar-refractivity contribution in [2.24, 2.45) is 0 Å². The molecule has 1 aromatic rings. The molecular weight excluding hydrogens is 218 g/mol. The quantitative estimate of drug-likeness (QED) is 0.746. The van der Waals surface area contributed by atoms with Gasteiger partial charge in [-0.2, -0.15) is 0 Å². The summed E-state index contributed by atoms with van der Waals surface area (Å²) < 4.78 is 0. The Morgan fingerprint density at radius 2 is 1.59 bits per heavy atom. The molecule has 0 radical (unpaired) electrons. The van der Waals surface area contributed by atoms with Gasteiger partial charge in [-0.15, -0.1) is 0 Å². The van der Waals surface area contributed by atoms with Crippen molar-refractivity contribution in [1.82, 2.24) is 15.0 Å². The average Bonchev–Trinajstić information content (AvgIpc) is 2.42. The third-order valence-electron chi connectivity index (χ3n) is 1.53. The summed E-state index contributed by atoms with van der Waals surface area (Å²) in [6.07, 6.45) is 3.17. The van der Waals surface area contributed by atoms with E-state index in [0.717, 1.165) is 10.6 Å². The van der Waals surface area contributed by atoms with Gasteiger partial charge in [-0.3, -0.25) is 9.63 Å². The molecule has 0 aromatic carbocycles. The van der Waals surface area contributed by atoms with Crippen LogP contribution in [0.15, 0.2) is 12.4 Å². The molecule has 5 heteroatoms. The monoisotopic (exact) mass is 241 g/mol. The lowest BCUT2D eigenvalue weighted by molar-refractivity contribution is -0.0764. The minimum absolute atomic E-state index is 0.134. The smallest absolute Gasteiger partial charge is 0.274 e. The van der Waals surface area contributed by atoms with Gasteiger partial charge < -0.3 is 0 Å². The van der Waals surface area contributed by atoms with Gasteiger partial charge in [0.15, 0.2) is 0 Å². The van der Waals surface area contributed by atoms with Crippen molar-refractivity contribution in [2.75, 3.05) is 14.2 Å². The van der Waals surface area contributed by atoms with Crippen LogP contribution < -0.4 is 0 Å². The third-order valence-corrected chi connectivity index (χ3v) is 1.53. The SMILES string of the molecule is CC.CC.CON(C)C(=O)c1ncc(C)cn1. The molecule has 17 heavy (non-hydrogen) atoms. The molecule has 1 aromatic heterocycles. The number of rotatable bonds is 2. The fraction of sp³-hybridized carbons (Fsp3) is 0.583. The summed E-state index contributed by atoms with van der Waals surface area (Å²) in [6.45, 7) is 9.86. The van der Waals surface area contributed by atoms with Crippen LogP contribution in [0.5, 0.6) is 0 Å². The molecule has 0 aliphatic rings. The van der Waals surface area contributed by atoms with Crippen LogP contribution in [-0.4, -0.2) is 35.1 Å². The highest BCUT2D eigenvalue weighted by Crippen LogP contribution is 1.97. The maximum Gasteiger partial charge on any atom is 0.314 e. The molecule has 0 fully saturated rings. The number of carbonyl (C=O) groups is 1. The minimum Gasteiger partial charge on any atom is -0.274 e. The first-order valence-corrected chi connectivity index (χ1v) is 5.76. The molecule has 0 saturated carbocycles. The first-order chi connectivity index (χ1) is 8.15. The fourth-order valence-corrected chi connectivity index (χ4v) is 0.727. The van der Waals surface area contributed by atoms with Gasteiger partial charge >= 0.3 is 5.91 Å². The van der Waals surface area contributed by atoms with Crippen LogP contribution in [0.4, 0.5) is 0 Å². The van der Waals surface area contributed by atoms with Crippen molar-refractivity contribution in [1.29, 1.82) is 0 Å². The van der Waals surface area contributed by atoms with E-state index in [9.17, 15) is 4.79 Å². The summed E-state index contributed by atoms with van der Waals surface area (Å²) >= 11 is 0. The Balaban J connectivity index is 0. The minimum atomic E-state index is -0.359. The number of amides is 1. The summed E-state index contributed by atoms with van der Waals surface area (Å²) in [5, 5.41) is 1.07. The highest BCUT2D eigenvalue weighted by molar-refractivity contribution is 5.89. The van der Waals surface area contributed by atoms with Gasteiger partial charge in [-0.05, 0) is 12.5 Å². The maximum absolute atomic E-state index is 11.4. The van der Waals surface area contributed by atoms with Crippen molar-refractivity contribution in [2.45, 2.75) is 34.6 Å². The summed E-state index contributed by atoms with van der Waals surface area (Å²) in [5.41, 5.74) is 0.914. The van der Waals surface area contributed by atoms with Gasteiger partial charge in [-0.25, -0.2) is 15.0 Å². The lowest BCUT2D eigenvalue weighted by Crippen LogP contribution is -2.27. The second-order valence-electron chi connectivity index (χ2n) is 2.57. The van der Waals surface area contributed by atoms with Gasteiger partial charge in [0.2, 0.25) is 5.82 Å². The van der Waals surface area contributed by atoms with Crippen molar-refractivity contribution >= 4 is 5.91 Å². The first kappa shape index (κ1) is 17.9. The molecule has 1 rings (SSSR count). The van der Waals surface area contributed by atoms with E-state index in [1.54, 1.807) is 12.4 Å². The Bertz CT molecular complexity index is 299. The number of hydroxylamine groups is 2. The number of hydrogen-bond acceptors (Lipinski definition) is 4. The largest absolute Gasteiger partial charge is 0.314 e. The number of carbonyl (C=O) groups excluding carboxylic acids is 1. The lowest BCUT2D eigenvalue weighted by atomic mass is 10.4. The van der Waals surface area contributed by atoms with Crippen molar-refractivity contribution in [3.63, 3.8) is 0 Å². The normalized spacial score (nSPS) is 8.18. The lowest BCUT2D eigenvalue weighted by Gasteiger charge is -2.11. The molecule has 1 heterocycles. The highest BCUT2D eigenvalue weighted by Gasteiger charge is 2.13. The van der Waals surface area contributed by atoms with Crippen LogP contribution in [0.25, 0.3) is 0 Å². The predicted molar refractivity (Wildman–Crippen MR) is 68.6 cm³/mol. The second kappa shape index (κ2) is 11.0. The molecule has 0 aliphatic carbocycles. The van der Waals surface area contributed by atoms with Gasteiger partial charge in [0.1, 0.15) is 0 Å². The van der Waals surface area contributed by atoms with Crippen molar-refractivity contribution in [3.8, 4) is 0 Å². The van der Waals surface area contributed by atoms with E-state index in [1.165, 1.54) is 14.2 Å². The van der Waals surface area contributed by atoms with Crippen molar-refractivity contribution < 1.29 is 9.63 Å². The molecule has 5 nitrogen and oxygen atoms in total. The summed E-state index contributed by atoms with van der Waals surface area (Å²) in [6, 6.07) is 0. The number of aryl methyl sites for hydroxylation is 1. The zero-order chi connectivity index (χ0) is 13.8. The average molecular weight is 241 g/mol. The van der Waals surface area contributed by atoms with E-state index < -0.39 is 0 Å². The standard InChI is InChI=1S/C8H11N3O2.2C2H6/c1-6-4-9-7(10-5-6)8(12)11(2)13-3;2*1-2/h4-5H,1-3H3;2*1-2H3. The van der Waals surface area contributed by atoms with Crippen LogP contribution in [0.3, 0.4) is 0 Å². The van der Waals surface area contributed by atoms with E-state index in [1.807, 2.05) is 34.6 Å². The summed E-state index contributed by atoms with van der Waals surface area (Å²) in [4.78, 5) is 23.8. The Morgan fingerprint density at radius 1 is 1.18 bits per heavy atom. The van der Waals surface area contributed by atoms with Gasteiger partial charge in [-0.1, -0.05) is 27.7 Å². The Hall–Kier alpha value is -1.49. The topological polar surface area (TPSA) is 55.3 Å². The molecule has 1 amide bonds. The third kappa shape index (κ3) is 6.63. The number of nitrogens with zero attached hydrogens (tertiary/aromatic N) is 3. The molecule has 0 bridgehead atoms. The first-order valence-electron chi connectivity index (χ1n) is 5.76. The van der Waals surface area contributed by atoms with Gasteiger partial charge in [0, 0.05) is 19.4 Å². The molecule has 0 saturated heterocycles. The molecule has 0 atom stereocenters. The van der Waals surface area contributed by atoms with Crippen LogP contribution >= 0.6 is 0 Å². The van der Waals surface area contributed by atoms with E-state index >= 15 is 0 Å². The van der Waals surface area contributed by atoms with Crippen LogP contribution in [0, 0.1) is 6.92 Å². The van der Waals surface area contributed by atoms with Crippen LogP contribution in [0.2, 0.25) is 0 Å². The van der Waals surface area contributed by atoms with Crippen molar-refractivity contribution in [3.05, 3.63) is 23.8 Å². The molecule has 0 unspecified atom stereocenters. The predicted octanol–water partition coefficient (Wildman–Crippen LogP) is 2.47. The molecule has 0 N–H and O–H groups in total. The maximum atomic E-state index is 11.4. The fourth-order valence-electron chi connectivity index (χ4n) is 0.727. The molecular formula is C12H23N3O2. The zero-order valence-electron chi connectivity index (χ0n) is 11.8. The molecule has 0 spiro atoms. The second-order valence-corrected chi connectivity index (χ2v) is 2.57. The van der Waals surface area contributed by atoms with Gasteiger partial charge in [0.05, 0.1) is 7.11 Å². The van der Waals surface area contributed by atoms with E-state index in [0.29, 0.717) is 0 Å². The Labute approximate surface area is 104 Å². The summed E-state index contributed by atoms with van der Waals surface area (Å²) in [7, 11) is 2.91. The van der Waals surface area contributed by atoms with E-state index in [4.69, 9.17) is 4.84 Å². The number of hydrogen-bond donors (Lipinski definition) is 0. The molecule has 0 aliphatic heterocycles. The molecule has 98 valence electrons. The Kier molecular flexibility index (Phi) is 11.6. The highest BCUT2D eigenvalue weighted by atomic mass is 16.7. The zero-order valence-corrected chi connectivity index (χ0v) is 11.8. The van der Waals surface area contributed by atoms with Crippen LogP contribution in [0.1, 0.15) is 43.9 Å². The van der Waals surface area contributed by atoms with E-state index in [-0.39, 0.29) is 11.7 Å². The number of aromatic nitrogens is 2. The van der Waals surface area contributed by atoms with Crippen LogP contribution in [-0.2, 0) is 4.84 Å². The summed E-state index contributed by atoms with van der Waals surface area (Å²) in [5.74, 6) is -0.225. The van der Waals surface area contributed by atoms with Gasteiger partial charge in [0.25, 0.3) is 0 Å². The van der Waals surface area contributed by atoms with E-state index in [2.05, 4.69) is 9.97 Å².